The topological polar surface area (TPSA) is 73.7 Å². The number of hydrogen-bond donors (Lipinski definition) is 1. The van der Waals surface area contributed by atoms with Gasteiger partial charge in [0, 0.05) is 36.1 Å². The molecule has 2 heterocycles. The minimum Gasteiger partial charge on any atom is -0.507 e. The minimum atomic E-state index is -0.691. The van der Waals surface area contributed by atoms with Gasteiger partial charge in [0.05, 0.1) is 11.6 Å². The highest BCUT2D eigenvalue weighted by Crippen LogP contribution is 2.39. The number of rotatable bonds is 7. The van der Waals surface area contributed by atoms with Gasteiger partial charge in [-0.1, -0.05) is 37.6 Å². The van der Waals surface area contributed by atoms with Crippen LogP contribution in [0.2, 0.25) is 5.02 Å². The number of carbonyl (C=O) groups excluding carboxylic acids is 2. The highest BCUT2D eigenvalue weighted by Gasteiger charge is 2.45. The Labute approximate surface area is 175 Å². The summed E-state index contributed by atoms with van der Waals surface area (Å²) in [6.07, 6.45) is 3.22. The van der Waals surface area contributed by atoms with Crippen molar-refractivity contribution >= 4 is 29.1 Å². The van der Waals surface area contributed by atoms with Crippen molar-refractivity contribution in [2.45, 2.75) is 19.9 Å². The summed E-state index contributed by atoms with van der Waals surface area (Å²) in [5, 5.41) is 11.4. The average molecular weight is 414 g/mol. The molecule has 3 rings (SSSR count). The summed E-state index contributed by atoms with van der Waals surface area (Å²) in [6.45, 7) is 6.82. The molecule has 1 aliphatic heterocycles. The predicted octanol–water partition coefficient (Wildman–Crippen LogP) is 3.50. The number of aliphatic hydroxyl groups is 1. The summed E-state index contributed by atoms with van der Waals surface area (Å²) in [5.74, 6) is -1.52. The van der Waals surface area contributed by atoms with Crippen molar-refractivity contribution in [3.63, 3.8) is 0 Å². The van der Waals surface area contributed by atoms with Crippen LogP contribution in [0.25, 0.3) is 5.76 Å². The molecule has 1 amide bonds. The van der Waals surface area contributed by atoms with Crippen LogP contribution in [-0.2, 0) is 9.59 Å². The van der Waals surface area contributed by atoms with Gasteiger partial charge in [-0.05, 0) is 42.9 Å². The van der Waals surface area contributed by atoms with Gasteiger partial charge in [-0.2, -0.15) is 0 Å². The number of halogens is 1. The van der Waals surface area contributed by atoms with Crippen LogP contribution in [0, 0.1) is 0 Å². The molecular weight excluding hydrogens is 390 g/mol. The third kappa shape index (κ3) is 4.33. The zero-order valence-electron chi connectivity index (χ0n) is 16.5. The van der Waals surface area contributed by atoms with E-state index in [2.05, 4.69) is 23.7 Å². The van der Waals surface area contributed by atoms with Crippen LogP contribution < -0.4 is 0 Å². The summed E-state index contributed by atoms with van der Waals surface area (Å²) in [4.78, 5) is 33.5. The quantitative estimate of drug-likeness (QED) is 0.427. The number of benzene rings is 1. The second kappa shape index (κ2) is 9.20. The molecule has 6 nitrogen and oxygen atoms in total. The Morgan fingerprint density at radius 1 is 1.17 bits per heavy atom. The lowest BCUT2D eigenvalue weighted by atomic mass is 9.96. The van der Waals surface area contributed by atoms with Gasteiger partial charge >= 0.3 is 0 Å². The van der Waals surface area contributed by atoms with Crippen LogP contribution >= 0.6 is 11.6 Å². The lowest BCUT2D eigenvalue weighted by molar-refractivity contribution is -0.140. The van der Waals surface area contributed by atoms with Crippen LogP contribution in [0.1, 0.15) is 31.0 Å². The average Bonchev–Trinajstić information content (AvgIpc) is 2.99. The highest BCUT2D eigenvalue weighted by atomic mass is 35.5. The molecule has 0 spiro atoms. The normalized spacial score (nSPS) is 18.6. The maximum Gasteiger partial charge on any atom is 0.295 e. The number of Topliss-reactive ketones (excluding diaryl/α,β-unsaturated/α-hetero) is 1. The number of aliphatic hydroxyl groups excluding tert-OH is 1. The molecular formula is C22H24ClN3O3. The minimum absolute atomic E-state index is 0.0722. The fourth-order valence-electron chi connectivity index (χ4n) is 3.58. The van der Waals surface area contributed by atoms with Gasteiger partial charge in [-0.15, -0.1) is 0 Å². The number of ketones is 1. The van der Waals surface area contributed by atoms with Crippen LogP contribution in [0.5, 0.6) is 0 Å². The van der Waals surface area contributed by atoms with Gasteiger partial charge in [0.2, 0.25) is 0 Å². The molecule has 1 N–H and O–H groups in total. The molecule has 152 valence electrons. The van der Waals surface area contributed by atoms with Crippen LogP contribution in [0.15, 0.2) is 54.4 Å². The highest BCUT2D eigenvalue weighted by molar-refractivity contribution is 6.46. The number of pyridine rings is 1. The van der Waals surface area contributed by atoms with Crippen molar-refractivity contribution < 1.29 is 14.7 Å². The molecule has 7 heteroatoms. The number of carbonyl (C=O) groups is 2. The summed E-state index contributed by atoms with van der Waals surface area (Å²) in [6, 6.07) is 9.44. The predicted molar refractivity (Wildman–Crippen MR) is 112 cm³/mol. The second-order valence-electron chi connectivity index (χ2n) is 6.81. The molecule has 1 fully saturated rings. The molecule has 1 aromatic carbocycles. The van der Waals surface area contributed by atoms with E-state index in [0.717, 1.165) is 18.7 Å². The molecule has 1 unspecified atom stereocenters. The van der Waals surface area contributed by atoms with Crippen molar-refractivity contribution in [3.05, 3.63) is 70.5 Å². The van der Waals surface area contributed by atoms with Crippen molar-refractivity contribution in [1.82, 2.24) is 14.8 Å². The summed E-state index contributed by atoms with van der Waals surface area (Å²) in [7, 11) is 0. The molecule has 1 aromatic heterocycles. The standard InChI is InChI=1S/C22H24ClN3O3/c1-3-25(4-2)12-13-26-19(15-8-10-24-11-9-15)18(21(28)22(26)29)20(27)16-6-5-7-17(23)14-16/h5-11,14,19,27H,3-4,12-13H2,1-2H3/b20-18-. The van der Waals surface area contributed by atoms with E-state index in [-0.39, 0.29) is 11.3 Å². The fourth-order valence-corrected chi connectivity index (χ4v) is 3.77. The molecule has 0 radical (unpaired) electrons. The number of aromatic nitrogens is 1. The van der Waals surface area contributed by atoms with Gasteiger partial charge < -0.3 is 14.9 Å². The zero-order chi connectivity index (χ0) is 21.0. The van der Waals surface area contributed by atoms with Crippen molar-refractivity contribution in [3.8, 4) is 0 Å². The number of nitrogens with zero attached hydrogens (tertiary/aromatic N) is 3. The lowest BCUT2D eigenvalue weighted by Crippen LogP contribution is -2.38. The van der Waals surface area contributed by atoms with E-state index >= 15 is 0 Å². The summed E-state index contributed by atoms with van der Waals surface area (Å²) >= 11 is 6.05. The first-order valence-electron chi connectivity index (χ1n) is 9.64. The third-order valence-electron chi connectivity index (χ3n) is 5.21. The second-order valence-corrected chi connectivity index (χ2v) is 7.25. The largest absolute Gasteiger partial charge is 0.507 e. The summed E-state index contributed by atoms with van der Waals surface area (Å²) < 4.78 is 0. The fraction of sp³-hybridized carbons (Fsp3) is 0.318. The van der Waals surface area contributed by atoms with Gasteiger partial charge in [0.1, 0.15) is 5.76 Å². The van der Waals surface area contributed by atoms with E-state index in [4.69, 9.17) is 11.6 Å². The zero-order valence-corrected chi connectivity index (χ0v) is 17.3. The van der Waals surface area contributed by atoms with Crippen LogP contribution in [0.4, 0.5) is 0 Å². The van der Waals surface area contributed by atoms with Gasteiger partial charge in [-0.3, -0.25) is 14.6 Å². The first-order chi connectivity index (χ1) is 14.0. The molecule has 29 heavy (non-hydrogen) atoms. The van der Waals surface area contributed by atoms with Crippen LogP contribution in [0.3, 0.4) is 0 Å². The number of hydrogen-bond acceptors (Lipinski definition) is 5. The van der Waals surface area contributed by atoms with E-state index in [1.54, 1.807) is 48.8 Å². The Kier molecular flexibility index (Phi) is 6.67. The van der Waals surface area contributed by atoms with Gasteiger partial charge in [-0.25, -0.2) is 0 Å². The first-order valence-corrected chi connectivity index (χ1v) is 10.0. The van der Waals surface area contributed by atoms with Crippen LogP contribution in [-0.4, -0.2) is 57.8 Å². The van der Waals surface area contributed by atoms with E-state index in [1.807, 2.05) is 0 Å². The van der Waals surface area contributed by atoms with E-state index in [0.29, 0.717) is 23.7 Å². The molecule has 1 atom stereocenters. The molecule has 0 aliphatic carbocycles. The lowest BCUT2D eigenvalue weighted by Gasteiger charge is -2.28. The van der Waals surface area contributed by atoms with Crippen molar-refractivity contribution in [1.29, 1.82) is 0 Å². The Bertz CT molecular complexity index is 926. The smallest absolute Gasteiger partial charge is 0.295 e. The molecule has 1 saturated heterocycles. The Morgan fingerprint density at radius 2 is 1.86 bits per heavy atom. The monoisotopic (exact) mass is 413 g/mol. The van der Waals surface area contributed by atoms with E-state index in [9.17, 15) is 14.7 Å². The Morgan fingerprint density at radius 3 is 2.48 bits per heavy atom. The number of likely N-dealkylation sites (N-methyl/N-ethyl adjacent to an activating group) is 1. The Balaban J connectivity index is 2.08. The van der Waals surface area contributed by atoms with E-state index in [1.165, 1.54) is 4.90 Å². The molecule has 0 bridgehead atoms. The number of likely N-dealkylation sites (tertiary alicyclic amines) is 1. The van der Waals surface area contributed by atoms with E-state index < -0.39 is 17.7 Å². The maximum atomic E-state index is 12.9. The first kappa shape index (κ1) is 21.0. The summed E-state index contributed by atoms with van der Waals surface area (Å²) in [5.41, 5.74) is 1.20. The maximum absolute atomic E-state index is 12.9. The van der Waals surface area contributed by atoms with Gasteiger partial charge in [0.15, 0.2) is 0 Å². The SMILES string of the molecule is CCN(CC)CCN1C(=O)C(=O)/C(=C(\O)c2cccc(Cl)c2)C1c1ccncc1. The van der Waals surface area contributed by atoms with Crippen molar-refractivity contribution in [2.24, 2.45) is 0 Å². The molecule has 1 aliphatic rings. The molecule has 0 saturated carbocycles. The molecule has 2 aromatic rings. The Hall–Kier alpha value is -2.70. The van der Waals surface area contributed by atoms with Gasteiger partial charge in [0.25, 0.3) is 11.7 Å². The number of amides is 1. The third-order valence-corrected chi connectivity index (χ3v) is 5.45. The van der Waals surface area contributed by atoms with Crippen molar-refractivity contribution in [2.75, 3.05) is 26.2 Å².